The molecule has 0 spiro atoms. The van der Waals surface area contributed by atoms with Crippen LogP contribution in [0.5, 0.6) is 5.75 Å². The van der Waals surface area contributed by atoms with E-state index in [1.54, 1.807) is 30.3 Å². The largest absolute Gasteiger partial charge is 0.493 e. The Kier molecular flexibility index (Phi) is 5.17. The normalized spacial score (nSPS) is 15.5. The van der Waals surface area contributed by atoms with Gasteiger partial charge in [-0.15, -0.1) is 0 Å². The molecule has 0 fully saturated rings. The van der Waals surface area contributed by atoms with Crippen LogP contribution in [0.25, 0.3) is 0 Å². The zero-order valence-electron chi connectivity index (χ0n) is 14.0. The number of carbonyl (C=O) groups is 3. The number of hydrogen-bond acceptors (Lipinski definition) is 4. The standard InChI is InChI=1S/C19H19N3O4/c20-17(23)9-10-26-13-7-5-12(6-8-13)21-19(25)15-11-18(24)22-16-4-2-1-3-14(15)16/h1-8,15H,9-11H2,(H2,20,23)(H,21,25)(H,22,24). The fraction of sp³-hybridized carbons (Fsp3) is 0.211. The third kappa shape index (κ3) is 4.18. The number of amides is 3. The van der Waals surface area contributed by atoms with E-state index in [4.69, 9.17) is 10.5 Å². The first-order valence-corrected chi connectivity index (χ1v) is 8.24. The van der Waals surface area contributed by atoms with E-state index in [0.717, 1.165) is 5.56 Å². The van der Waals surface area contributed by atoms with E-state index in [-0.39, 0.29) is 31.3 Å². The molecular formula is C19H19N3O4. The number of para-hydroxylation sites is 1. The molecule has 1 heterocycles. The lowest BCUT2D eigenvalue weighted by Crippen LogP contribution is -2.30. The van der Waals surface area contributed by atoms with E-state index in [2.05, 4.69) is 10.6 Å². The summed E-state index contributed by atoms with van der Waals surface area (Å²) in [6.07, 6.45) is 0.249. The molecule has 0 saturated carbocycles. The van der Waals surface area contributed by atoms with Gasteiger partial charge in [-0.3, -0.25) is 14.4 Å². The number of carbonyl (C=O) groups excluding carboxylic acids is 3. The molecule has 7 heteroatoms. The van der Waals surface area contributed by atoms with Gasteiger partial charge in [0.25, 0.3) is 0 Å². The van der Waals surface area contributed by atoms with Gasteiger partial charge < -0.3 is 21.1 Å². The molecule has 0 aliphatic carbocycles. The molecule has 0 bridgehead atoms. The number of rotatable bonds is 6. The average molecular weight is 353 g/mol. The molecule has 26 heavy (non-hydrogen) atoms. The maximum absolute atomic E-state index is 12.6. The highest BCUT2D eigenvalue weighted by atomic mass is 16.5. The summed E-state index contributed by atoms with van der Waals surface area (Å²) >= 11 is 0. The summed E-state index contributed by atoms with van der Waals surface area (Å²) in [4.78, 5) is 35.2. The van der Waals surface area contributed by atoms with Gasteiger partial charge >= 0.3 is 0 Å². The molecule has 3 amide bonds. The van der Waals surface area contributed by atoms with Crippen LogP contribution in [0.1, 0.15) is 24.3 Å². The number of fused-ring (bicyclic) bond motifs is 1. The molecule has 2 aromatic carbocycles. The third-order valence-corrected chi connectivity index (χ3v) is 4.06. The average Bonchev–Trinajstić information content (AvgIpc) is 2.62. The first-order chi connectivity index (χ1) is 12.5. The minimum atomic E-state index is -0.536. The van der Waals surface area contributed by atoms with Crippen molar-refractivity contribution in [2.75, 3.05) is 17.2 Å². The summed E-state index contributed by atoms with van der Waals surface area (Å²) in [6, 6.07) is 14.1. The second-order valence-electron chi connectivity index (χ2n) is 5.97. The zero-order valence-corrected chi connectivity index (χ0v) is 14.0. The van der Waals surface area contributed by atoms with Crippen molar-refractivity contribution in [1.29, 1.82) is 0 Å². The van der Waals surface area contributed by atoms with Crippen molar-refractivity contribution in [2.45, 2.75) is 18.8 Å². The van der Waals surface area contributed by atoms with Gasteiger partial charge in [0, 0.05) is 17.8 Å². The maximum atomic E-state index is 12.6. The Morgan fingerprint density at radius 2 is 1.88 bits per heavy atom. The first kappa shape index (κ1) is 17.5. The fourth-order valence-corrected chi connectivity index (χ4v) is 2.78. The third-order valence-electron chi connectivity index (χ3n) is 4.06. The topological polar surface area (TPSA) is 111 Å². The molecule has 3 rings (SSSR count). The Labute approximate surface area is 150 Å². The van der Waals surface area contributed by atoms with E-state index in [9.17, 15) is 14.4 Å². The molecule has 2 aromatic rings. The van der Waals surface area contributed by atoms with Gasteiger partial charge in [0.1, 0.15) is 5.75 Å². The highest BCUT2D eigenvalue weighted by Crippen LogP contribution is 2.32. The van der Waals surface area contributed by atoms with Crippen molar-refractivity contribution in [3.63, 3.8) is 0 Å². The minimum Gasteiger partial charge on any atom is -0.493 e. The van der Waals surface area contributed by atoms with Crippen LogP contribution >= 0.6 is 0 Å². The predicted molar refractivity (Wildman–Crippen MR) is 96.8 cm³/mol. The Hall–Kier alpha value is -3.35. The van der Waals surface area contributed by atoms with Crippen LogP contribution in [0.3, 0.4) is 0 Å². The van der Waals surface area contributed by atoms with Crippen LogP contribution < -0.4 is 21.1 Å². The number of primary amides is 1. The molecule has 1 aliphatic heterocycles. The molecule has 0 radical (unpaired) electrons. The van der Waals surface area contributed by atoms with Crippen molar-refractivity contribution in [1.82, 2.24) is 0 Å². The Morgan fingerprint density at radius 3 is 2.62 bits per heavy atom. The Bertz CT molecular complexity index is 833. The summed E-state index contributed by atoms with van der Waals surface area (Å²) in [5, 5.41) is 5.60. The number of nitrogens with one attached hydrogen (secondary N) is 2. The number of ether oxygens (including phenoxy) is 1. The van der Waals surface area contributed by atoms with Gasteiger partial charge in [0.05, 0.1) is 18.9 Å². The molecule has 4 N–H and O–H groups in total. The molecule has 1 unspecified atom stereocenters. The van der Waals surface area contributed by atoms with Gasteiger partial charge in [-0.2, -0.15) is 0 Å². The smallest absolute Gasteiger partial charge is 0.232 e. The van der Waals surface area contributed by atoms with Crippen LogP contribution in [0.4, 0.5) is 11.4 Å². The van der Waals surface area contributed by atoms with E-state index in [1.807, 2.05) is 18.2 Å². The number of nitrogens with two attached hydrogens (primary N) is 1. The van der Waals surface area contributed by atoms with E-state index < -0.39 is 11.8 Å². The SMILES string of the molecule is NC(=O)CCOc1ccc(NC(=O)C2CC(=O)Nc3ccccc32)cc1. The fourth-order valence-electron chi connectivity index (χ4n) is 2.78. The molecule has 134 valence electrons. The molecule has 0 aromatic heterocycles. The minimum absolute atomic E-state index is 0.108. The van der Waals surface area contributed by atoms with Crippen molar-refractivity contribution in [2.24, 2.45) is 5.73 Å². The Balaban J connectivity index is 1.65. The van der Waals surface area contributed by atoms with Gasteiger partial charge in [-0.1, -0.05) is 18.2 Å². The van der Waals surface area contributed by atoms with Gasteiger partial charge in [-0.25, -0.2) is 0 Å². The lowest BCUT2D eigenvalue weighted by Gasteiger charge is -2.24. The quantitative estimate of drug-likeness (QED) is 0.737. The molecule has 0 saturated heterocycles. The molecule has 1 aliphatic rings. The number of benzene rings is 2. The summed E-state index contributed by atoms with van der Waals surface area (Å²) < 4.78 is 5.39. The summed E-state index contributed by atoms with van der Waals surface area (Å²) in [7, 11) is 0. The van der Waals surface area contributed by atoms with Crippen LogP contribution in [0, 0.1) is 0 Å². The summed E-state index contributed by atoms with van der Waals surface area (Å²) in [6.45, 7) is 0.203. The van der Waals surface area contributed by atoms with Crippen LogP contribution in [0.2, 0.25) is 0 Å². The summed E-state index contributed by atoms with van der Waals surface area (Å²) in [5.41, 5.74) is 7.12. The number of hydrogen-bond donors (Lipinski definition) is 3. The van der Waals surface area contributed by atoms with Gasteiger partial charge in [0.2, 0.25) is 17.7 Å². The highest BCUT2D eigenvalue weighted by molar-refractivity contribution is 6.05. The lowest BCUT2D eigenvalue weighted by atomic mass is 9.90. The molecule has 1 atom stereocenters. The van der Waals surface area contributed by atoms with Crippen molar-refractivity contribution >= 4 is 29.1 Å². The zero-order chi connectivity index (χ0) is 18.5. The lowest BCUT2D eigenvalue weighted by molar-refractivity contribution is -0.123. The maximum Gasteiger partial charge on any atom is 0.232 e. The van der Waals surface area contributed by atoms with Crippen molar-refractivity contribution in [3.8, 4) is 5.75 Å². The number of anilines is 2. The van der Waals surface area contributed by atoms with Crippen LogP contribution in [0.15, 0.2) is 48.5 Å². The predicted octanol–water partition coefficient (Wildman–Crippen LogP) is 2.01. The highest BCUT2D eigenvalue weighted by Gasteiger charge is 2.30. The van der Waals surface area contributed by atoms with Crippen molar-refractivity contribution < 1.29 is 19.1 Å². The monoisotopic (exact) mass is 353 g/mol. The van der Waals surface area contributed by atoms with E-state index in [1.165, 1.54) is 0 Å². The van der Waals surface area contributed by atoms with Gasteiger partial charge in [-0.05, 0) is 35.9 Å². The summed E-state index contributed by atoms with van der Waals surface area (Å²) in [5.74, 6) is -0.805. The second kappa shape index (κ2) is 7.69. The van der Waals surface area contributed by atoms with Gasteiger partial charge in [0.15, 0.2) is 0 Å². The Morgan fingerprint density at radius 1 is 1.15 bits per heavy atom. The second-order valence-corrected chi connectivity index (χ2v) is 5.97. The van der Waals surface area contributed by atoms with E-state index in [0.29, 0.717) is 17.1 Å². The van der Waals surface area contributed by atoms with E-state index >= 15 is 0 Å². The van der Waals surface area contributed by atoms with Crippen LogP contribution in [-0.4, -0.2) is 24.3 Å². The molecular weight excluding hydrogens is 334 g/mol. The van der Waals surface area contributed by atoms with Crippen molar-refractivity contribution in [3.05, 3.63) is 54.1 Å². The molecule has 7 nitrogen and oxygen atoms in total. The van der Waals surface area contributed by atoms with Crippen LogP contribution in [-0.2, 0) is 14.4 Å². The first-order valence-electron chi connectivity index (χ1n) is 8.24.